The van der Waals surface area contributed by atoms with Crippen LogP contribution in [0.4, 0.5) is 0 Å². The lowest BCUT2D eigenvalue weighted by Crippen LogP contribution is -2.18. The highest BCUT2D eigenvalue weighted by molar-refractivity contribution is 5.07. The fourth-order valence-electron chi connectivity index (χ4n) is 1.82. The molecule has 1 unspecified atom stereocenters. The summed E-state index contributed by atoms with van der Waals surface area (Å²) < 4.78 is 5.42. The Bertz CT molecular complexity index is 293. The van der Waals surface area contributed by atoms with Crippen LogP contribution in [0.3, 0.4) is 0 Å². The summed E-state index contributed by atoms with van der Waals surface area (Å²) in [5.41, 5.74) is 1.12. The van der Waals surface area contributed by atoms with Crippen LogP contribution in [0.1, 0.15) is 30.1 Å². The molecule has 0 spiro atoms. The maximum atomic E-state index is 5.42. The van der Waals surface area contributed by atoms with Gasteiger partial charge in [-0.1, -0.05) is 0 Å². The predicted octanol–water partition coefficient (Wildman–Crippen LogP) is 1.09. The van der Waals surface area contributed by atoms with E-state index in [1.165, 1.54) is 0 Å². The van der Waals surface area contributed by atoms with Gasteiger partial charge in [0.05, 0.1) is 6.61 Å². The lowest BCUT2D eigenvalue weighted by Gasteiger charge is -2.20. The Hall–Kier alpha value is -1.00. The number of rotatable bonds is 3. The largest absolute Gasteiger partial charge is 0.381 e. The summed E-state index contributed by atoms with van der Waals surface area (Å²) in [6.45, 7) is 2.47. The first kappa shape index (κ1) is 10.5. The van der Waals surface area contributed by atoms with Gasteiger partial charge in [0.2, 0.25) is 0 Å². The highest BCUT2D eigenvalue weighted by atomic mass is 16.5. The van der Waals surface area contributed by atoms with Crippen molar-refractivity contribution in [3.8, 4) is 0 Å². The van der Waals surface area contributed by atoms with Crippen LogP contribution in [-0.4, -0.2) is 30.2 Å². The maximum absolute atomic E-state index is 5.42. The van der Waals surface area contributed by atoms with Gasteiger partial charge in [-0.25, -0.2) is 9.97 Å². The molecule has 1 aromatic heterocycles. The van der Waals surface area contributed by atoms with Gasteiger partial charge in [-0.05, 0) is 19.9 Å². The molecule has 15 heavy (non-hydrogen) atoms. The standard InChI is InChI=1S/C11H17N3O/c1-12-5-9-6-13-11(14-7-9)10-3-2-4-15-8-10/h6-7,10,12H,2-5,8H2,1H3. The second kappa shape index (κ2) is 5.19. The van der Waals surface area contributed by atoms with Crippen molar-refractivity contribution in [2.75, 3.05) is 20.3 Å². The zero-order chi connectivity index (χ0) is 10.5. The molecule has 1 saturated heterocycles. The molecule has 0 saturated carbocycles. The van der Waals surface area contributed by atoms with Crippen molar-refractivity contribution in [1.29, 1.82) is 0 Å². The second-order valence-electron chi connectivity index (χ2n) is 3.89. The molecule has 1 N–H and O–H groups in total. The van der Waals surface area contributed by atoms with Crippen LogP contribution in [0.5, 0.6) is 0 Å². The smallest absolute Gasteiger partial charge is 0.133 e. The molecule has 2 heterocycles. The first-order valence-electron chi connectivity index (χ1n) is 5.43. The summed E-state index contributed by atoms with van der Waals surface area (Å²) in [5.74, 6) is 1.32. The molecule has 0 aromatic carbocycles. The minimum absolute atomic E-state index is 0.391. The van der Waals surface area contributed by atoms with E-state index >= 15 is 0 Å². The Kier molecular flexibility index (Phi) is 3.64. The van der Waals surface area contributed by atoms with Crippen LogP contribution in [0.2, 0.25) is 0 Å². The van der Waals surface area contributed by atoms with E-state index < -0.39 is 0 Å². The monoisotopic (exact) mass is 207 g/mol. The molecule has 0 aliphatic carbocycles. The van der Waals surface area contributed by atoms with Crippen molar-refractivity contribution in [3.05, 3.63) is 23.8 Å². The molecule has 4 nitrogen and oxygen atoms in total. The number of ether oxygens (including phenoxy) is 1. The van der Waals surface area contributed by atoms with E-state index in [9.17, 15) is 0 Å². The van der Waals surface area contributed by atoms with Crippen molar-refractivity contribution in [2.45, 2.75) is 25.3 Å². The normalized spacial score (nSPS) is 21.5. The topological polar surface area (TPSA) is 47.0 Å². The van der Waals surface area contributed by atoms with E-state index in [-0.39, 0.29) is 0 Å². The van der Waals surface area contributed by atoms with Crippen LogP contribution in [-0.2, 0) is 11.3 Å². The molecule has 1 atom stereocenters. The summed E-state index contributed by atoms with van der Waals surface area (Å²) in [7, 11) is 1.92. The Labute approximate surface area is 90.1 Å². The quantitative estimate of drug-likeness (QED) is 0.806. The van der Waals surface area contributed by atoms with E-state index in [4.69, 9.17) is 4.74 Å². The Morgan fingerprint density at radius 2 is 2.27 bits per heavy atom. The third-order valence-electron chi connectivity index (χ3n) is 2.63. The molecule has 4 heteroatoms. The zero-order valence-corrected chi connectivity index (χ0v) is 9.07. The Morgan fingerprint density at radius 3 is 2.87 bits per heavy atom. The van der Waals surface area contributed by atoms with Gasteiger partial charge in [-0.3, -0.25) is 0 Å². The van der Waals surface area contributed by atoms with Gasteiger partial charge in [0.15, 0.2) is 0 Å². The van der Waals surface area contributed by atoms with Crippen molar-refractivity contribution in [3.63, 3.8) is 0 Å². The van der Waals surface area contributed by atoms with E-state index in [1.54, 1.807) is 0 Å². The van der Waals surface area contributed by atoms with Crippen LogP contribution in [0.25, 0.3) is 0 Å². The number of nitrogens with one attached hydrogen (secondary N) is 1. The Morgan fingerprint density at radius 1 is 1.47 bits per heavy atom. The summed E-state index contributed by atoms with van der Waals surface area (Å²) in [4.78, 5) is 8.78. The summed E-state index contributed by atoms with van der Waals surface area (Å²) >= 11 is 0. The molecular weight excluding hydrogens is 190 g/mol. The van der Waals surface area contributed by atoms with Gasteiger partial charge in [0.1, 0.15) is 5.82 Å². The molecule has 1 aliphatic rings. The zero-order valence-electron chi connectivity index (χ0n) is 9.07. The van der Waals surface area contributed by atoms with E-state index in [0.29, 0.717) is 5.92 Å². The molecule has 82 valence electrons. The first-order chi connectivity index (χ1) is 7.40. The van der Waals surface area contributed by atoms with Crippen LogP contribution in [0.15, 0.2) is 12.4 Å². The highest BCUT2D eigenvalue weighted by Gasteiger charge is 2.18. The predicted molar refractivity (Wildman–Crippen MR) is 57.6 cm³/mol. The van der Waals surface area contributed by atoms with E-state index in [0.717, 1.165) is 44.0 Å². The van der Waals surface area contributed by atoms with Gasteiger partial charge >= 0.3 is 0 Å². The molecule has 1 aliphatic heterocycles. The van der Waals surface area contributed by atoms with Crippen molar-refractivity contribution in [1.82, 2.24) is 15.3 Å². The third kappa shape index (κ3) is 2.73. The van der Waals surface area contributed by atoms with Gasteiger partial charge < -0.3 is 10.1 Å². The highest BCUT2D eigenvalue weighted by Crippen LogP contribution is 2.21. The van der Waals surface area contributed by atoms with Crippen molar-refractivity contribution < 1.29 is 4.74 Å². The second-order valence-corrected chi connectivity index (χ2v) is 3.89. The van der Waals surface area contributed by atoms with Crippen LogP contribution >= 0.6 is 0 Å². The lowest BCUT2D eigenvalue weighted by molar-refractivity contribution is 0.0780. The first-order valence-corrected chi connectivity index (χ1v) is 5.43. The molecule has 1 aromatic rings. The van der Waals surface area contributed by atoms with Gasteiger partial charge in [0.25, 0.3) is 0 Å². The molecule has 2 rings (SSSR count). The van der Waals surface area contributed by atoms with Gasteiger partial charge in [0, 0.05) is 37.0 Å². The summed E-state index contributed by atoms with van der Waals surface area (Å²) in [6, 6.07) is 0. The SMILES string of the molecule is CNCc1cnc(C2CCCOC2)nc1. The molecule has 0 radical (unpaired) electrons. The number of aromatic nitrogens is 2. The third-order valence-corrected chi connectivity index (χ3v) is 2.63. The Balaban J connectivity index is 2.02. The average molecular weight is 207 g/mol. The van der Waals surface area contributed by atoms with Crippen molar-refractivity contribution in [2.24, 2.45) is 0 Å². The maximum Gasteiger partial charge on any atom is 0.133 e. The lowest BCUT2D eigenvalue weighted by atomic mass is 10.0. The number of hydrogen-bond acceptors (Lipinski definition) is 4. The molecular formula is C11H17N3O. The molecule has 1 fully saturated rings. The minimum Gasteiger partial charge on any atom is -0.381 e. The van der Waals surface area contributed by atoms with Gasteiger partial charge in [-0.2, -0.15) is 0 Å². The average Bonchev–Trinajstić information content (AvgIpc) is 2.32. The number of hydrogen-bond donors (Lipinski definition) is 1. The molecule has 0 amide bonds. The van der Waals surface area contributed by atoms with Gasteiger partial charge in [-0.15, -0.1) is 0 Å². The minimum atomic E-state index is 0.391. The molecule has 0 bridgehead atoms. The van der Waals surface area contributed by atoms with E-state index in [1.807, 2.05) is 19.4 Å². The fraction of sp³-hybridized carbons (Fsp3) is 0.636. The number of nitrogens with zero attached hydrogens (tertiary/aromatic N) is 2. The van der Waals surface area contributed by atoms with Crippen LogP contribution < -0.4 is 5.32 Å². The van der Waals surface area contributed by atoms with Crippen LogP contribution in [0, 0.1) is 0 Å². The van der Waals surface area contributed by atoms with Crippen molar-refractivity contribution >= 4 is 0 Å². The fourth-order valence-corrected chi connectivity index (χ4v) is 1.82. The van der Waals surface area contributed by atoms with E-state index in [2.05, 4.69) is 15.3 Å². The summed E-state index contributed by atoms with van der Waals surface area (Å²) in [6.07, 6.45) is 6.05. The summed E-state index contributed by atoms with van der Waals surface area (Å²) in [5, 5.41) is 3.08.